The van der Waals surface area contributed by atoms with Crippen molar-refractivity contribution in [3.8, 4) is 0 Å². The average Bonchev–Trinajstić information content (AvgIpc) is 2.28. The molecule has 1 rings (SSSR count). The Labute approximate surface area is 107 Å². The van der Waals surface area contributed by atoms with Crippen LogP contribution in [0.3, 0.4) is 0 Å². The van der Waals surface area contributed by atoms with E-state index in [1.54, 1.807) is 6.08 Å². The van der Waals surface area contributed by atoms with Crippen LogP contribution in [0, 0.1) is 0 Å². The van der Waals surface area contributed by atoms with Gasteiger partial charge in [0.15, 0.2) is 0 Å². The van der Waals surface area contributed by atoms with Crippen LogP contribution in [0.4, 0.5) is 0 Å². The number of allylic oxidation sites excluding steroid dienone is 1. The Morgan fingerprint density at radius 3 is 2.41 bits per heavy atom. The molecule has 0 aliphatic carbocycles. The van der Waals surface area contributed by atoms with Crippen LogP contribution in [0.25, 0.3) is 0 Å². The molecule has 0 N–H and O–H groups in total. The van der Waals surface area contributed by atoms with Gasteiger partial charge in [0.05, 0.1) is 0 Å². The molecule has 0 amide bonds. The number of nitrogens with zero attached hydrogens (tertiary/aromatic N) is 1. The lowest BCUT2D eigenvalue weighted by Gasteiger charge is -2.19. The maximum Gasteiger partial charge on any atom is 0.144 e. The SMILES string of the molecule is C=CCC(=N[S+]([O-])C(C)(C)C)c1ccccc1. The van der Waals surface area contributed by atoms with Crippen molar-refractivity contribution in [3.63, 3.8) is 0 Å². The fourth-order valence-corrected chi connectivity index (χ4v) is 1.87. The molecule has 92 valence electrons. The highest BCUT2D eigenvalue weighted by Crippen LogP contribution is 2.19. The molecule has 0 saturated carbocycles. The third-order valence-electron chi connectivity index (χ3n) is 2.16. The third-order valence-corrected chi connectivity index (χ3v) is 3.60. The molecule has 0 aliphatic rings. The predicted molar refractivity (Wildman–Crippen MR) is 75.7 cm³/mol. The monoisotopic (exact) mass is 249 g/mol. The Morgan fingerprint density at radius 2 is 1.94 bits per heavy atom. The molecule has 1 aromatic carbocycles. The Hall–Kier alpha value is -1.06. The first kappa shape index (κ1) is 14.0. The smallest absolute Gasteiger partial charge is 0.144 e. The highest BCUT2D eigenvalue weighted by Gasteiger charge is 2.27. The molecule has 1 aromatic rings. The van der Waals surface area contributed by atoms with Crippen molar-refractivity contribution in [2.75, 3.05) is 0 Å². The van der Waals surface area contributed by atoms with Crippen LogP contribution >= 0.6 is 0 Å². The highest BCUT2D eigenvalue weighted by molar-refractivity contribution is 7.91. The predicted octanol–water partition coefficient (Wildman–Crippen LogP) is 3.51. The van der Waals surface area contributed by atoms with Crippen LogP contribution < -0.4 is 0 Å². The largest absolute Gasteiger partial charge is 0.591 e. The fraction of sp³-hybridized carbons (Fsp3) is 0.357. The number of rotatable bonds is 4. The lowest BCUT2D eigenvalue weighted by molar-refractivity contribution is 0.561. The molecule has 1 unspecified atom stereocenters. The summed E-state index contributed by atoms with van der Waals surface area (Å²) in [5.41, 5.74) is 1.83. The molecule has 1 atom stereocenters. The van der Waals surface area contributed by atoms with E-state index >= 15 is 0 Å². The summed E-state index contributed by atoms with van der Waals surface area (Å²) in [4.78, 5) is 0. The lowest BCUT2D eigenvalue weighted by Crippen LogP contribution is -2.27. The van der Waals surface area contributed by atoms with Gasteiger partial charge in [-0.3, -0.25) is 0 Å². The minimum Gasteiger partial charge on any atom is -0.591 e. The molecule has 0 radical (unpaired) electrons. The second-order valence-corrected chi connectivity index (χ2v) is 6.66. The van der Waals surface area contributed by atoms with Crippen LogP contribution in [0.1, 0.15) is 32.8 Å². The van der Waals surface area contributed by atoms with E-state index in [1.165, 1.54) is 0 Å². The second-order valence-electron chi connectivity index (χ2n) is 4.76. The van der Waals surface area contributed by atoms with Crippen LogP contribution in [-0.2, 0) is 11.4 Å². The normalized spacial score (nSPS) is 14.5. The van der Waals surface area contributed by atoms with Gasteiger partial charge in [0.2, 0.25) is 0 Å². The Balaban J connectivity index is 3.02. The maximum atomic E-state index is 12.0. The summed E-state index contributed by atoms with van der Waals surface area (Å²) in [6, 6.07) is 9.81. The third kappa shape index (κ3) is 4.36. The summed E-state index contributed by atoms with van der Waals surface area (Å²) in [6.07, 6.45) is 2.41. The van der Waals surface area contributed by atoms with Crippen molar-refractivity contribution in [2.45, 2.75) is 31.9 Å². The molecule has 0 bridgehead atoms. The Morgan fingerprint density at radius 1 is 1.35 bits per heavy atom. The standard InChI is InChI=1S/C14H19NOS/c1-5-9-13(12-10-7-6-8-11-12)15-17(16)14(2,3)4/h5-8,10-11H,1,9H2,2-4H3. The second kappa shape index (κ2) is 6.03. The van der Waals surface area contributed by atoms with Gasteiger partial charge >= 0.3 is 0 Å². The van der Waals surface area contributed by atoms with E-state index < -0.39 is 11.4 Å². The van der Waals surface area contributed by atoms with Gasteiger partial charge in [-0.15, -0.1) is 6.58 Å². The molecule has 0 aliphatic heterocycles. The molecule has 0 aromatic heterocycles. The lowest BCUT2D eigenvalue weighted by atomic mass is 10.1. The Bertz CT molecular complexity index is 392. The first-order valence-electron chi connectivity index (χ1n) is 5.61. The van der Waals surface area contributed by atoms with Gasteiger partial charge in [0.1, 0.15) is 21.8 Å². The van der Waals surface area contributed by atoms with Crippen LogP contribution in [0.2, 0.25) is 0 Å². The van der Waals surface area contributed by atoms with Crippen molar-refractivity contribution >= 4 is 17.1 Å². The highest BCUT2D eigenvalue weighted by atomic mass is 32.2. The zero-order chi connectivity index (χ0) is 12.9. The van der Waals surface area contributed by atoms with Crippen molar-refractivity contribution in [1.29, 1.82) is 0 Å². The van der Waals surface area contributed by atoms with Gasteiger partial charge in [-0.1, -0.05) is 40.8 Å². The summed E-state index contributed by atoms with van der Waals surface area (Å²) in [5, 5.41) is 0. The van der Waals surface area contributed by atoms with E-state index in [-0.39, 0.29) is 4.75 Å². The number of hydrogen-bond acceptors (Lipinski definition) is 2. The molecule has 3 heteroatoms. The van der Waals surface area contributed by atoms with Crippen molar-refractivity contribution < 1.29 is 4.55 Å². The molecule has 17 heavy (non-hydrogen) atoms. The molecule has 0 saturated heterocycles. The quantitative estimate of drug-likeness (QED) is 0.457. The van der Waals surface area contributed by atoms with E-state index in [2.05, 4.69) is 11.0 Å². The molecular weight excluding hydrogens is 230 g/mol. The van der Waals surface area contributed by atoms with Crippen molar-refractivity contribution in [3.05, 3.63) is 48.6 Å². The summed E-state index contributed by atoms with van der Waals surface area (Å²) < 4.78 is 16.0. The van der Waals surface area contributed by atoms with E-state index in [9.17, 15) is 4.55 Å². The molecule has 0 heterocycles. The van der Waals surface area contributed by atoms with Gasteiger partial charge in [-0.2, -0.15) is 0 Å². The van der Waals surface area contributed by atoms with E-state index in [1.807, 2.05) is 51.1 Å². The van der Waals surface area contributed by atoms with Crippen LogP contribution in [0.15, 0.2) is 47.4 Å². The zero-order valence-corrected chi connectivity index (χ0v) is 11.5. The summed E-state index contributed by atoms with van der Waals surface area (Å²) >= 11 is -1.23. The topological polar surface area (TPSA) is 35.4 Å². The van der Waals surface area contributed by atoms with Gasteiger partial charge in [0, 0.05) is 12.0 Å². The fourth-order valence-electron chi connectivity index (χ4n) is 1.21. The van der Waals surface area contributed by atoms with Gasteiger partial charge in [-0.05, 0) is 20.8 Å². The van der Waals surface area contributed by atoms with Gasteiger partial charge < -0.3 is 4.55 Å². The van der Waals surface area contributed by atoms with Gasteiger partial charge in [0.25, 0.3) is 0 Å². The Kier molecular flexibility index (Phi) is 4.97. The molecular formula is C14H19NOS. The van der Waals surface area contributed by atoms with E-state index in [4.69, 9.17) is 0 Å². The molecule has 0 spiro atoms. The zero-order valence-electron chi connectivity index (χ0n) is 10.6. The van der Waals surface area contributed by atoms with Crippen LogP contribution in [-0.4, -0.2) is 15.0 Å². The summed E-state index contributed by atoms with van der Waals surface area (Å²) in [7, 11) is 0. The van der Waals surface area contributed by atoms with Crippen molar-refractivity contribution in [2.24, 2.45) is 4.40 Å². The van der Waals surface area contributed by atoms with E-state index in [0.717, 1.165) is 11.3 Å². The maximum absolute atomic E-state index is 12.0. The number of hydrogen-bond donors (Lipinski definition) is 0. The van der Waals surface area contributed by atoms with E-state index in [0.29, 0.717) is 6.42 Å². The molecule has 0 fully saturated rings. The number of benzene rings is 1. The first-order chi connectivity index (χ1) is 7.95. The summed E-state index contributed by atoms with van der Waals surface area (Å²) in [5.74, 6) is 0. The van der Waals surface area contributed by atoms with Crippen LogP contribution in [0.5, 0.6) is 0 Å². The average molecular weight is 249 g/mol. The minimum absolute atomic E-state index is 0.332. The van der Waals surface area contributed by atoms with Gasteiger partial charge in [-0.25, -0.2) is 0 Å². The molecule has 2 nitrogen and oxygen atoms in total. The first-order valence-corrected chi connectivity index (χ1v) is 6.71. The minimum atomic E-state index is -1.23. The summed E-state index contributed by atoms with van der Waals surface area (Å²) in [6.45, 7) is 9.47. The van der Waals surface area contributed by atoms with Crippen molar-refractivity contribution in [1.82, 2.24) is 0 Å².